The Balaban J connectivity index is 1.47. The molecular weight excluding hydrogens is 358 g/mol. The van der Waals surface area contributed by atoms with E-state index in [4.69, 9.17) is 0 Å². The molecule has 0 aliphatic carbocycles. The molecule has 0 saturated carbocycles. The highest BCUT2D eigenvalue weighted by atomic mass is 32.1. The first-order valence-electron chi connectivity index (χ1n) is 8.79. The number of rotatable bonds is 4. The van der Waals surface area contributed by atoms with Gasteiger partial charge in [0.15, 0.2) is 0 Å². The van der Waals surface area contributed by atoms with Gasteiger partial charge < -0.3 is 10.2 Å². The summed E-state index contributed by atoms with van der Waals surface area (Å²) in [5.74, 6) is -0.180. The Hall–Kier alpha value is -2.99. The first-order valence-corrected chi connectivity index (χ1v) is 9.60. The van der Waals surface area contributed by atoms with Gasteiger partial charge in [0.2, 0.25) is 11.8 Å². The van der Waals surface area contributed by atoms with Crippen LogP contribution in [0.5, 0.6) is 0 Å². The summed E-state index contributed by atoms with van der Waals surface area (Å²) in [5.41, 5.74) is 2.98. The van der Waals surface area contributed by atoms with Gasteiger partial charge in [-0.3, -0.25) is 9.59 Å². The zero-order chi connectivity index (χ0) is 18.8. The molecule has 136 valence electrons. The molecule has 27 heavy (non-hydrogen) atoms. The van der Waals surface area contributed by atoms with Crippen molar-refractivity contribution in [3.63, 3.8) is 0 Å². The number of carbonyl (C=O) groups excluding carboxylic acids is 2. The monoisotopic (exact) mass is 377 g/mol. The van der Waals surface area contributed by atoms with Crippen molar-refractivity contribution in [2.24, 2.45) is 0 Å². The van der Waals surface area contributed by atoms with Crippen LogP contribution in [0.15, 0.2) is 54.7 Å². The molecule has 0 fully saturated rings. The molecule has 2 aromatic carbocycles. The van der Waals surface area contributed by atoms with Crippen molar-refractivity contribution in [1.82, 2.24) is 15.2 Å². The number of carbonyl (C=O) groups is 2. The summed E-state index contributed by atoms with van der Waals surface area (Å²) in [6, 6.07) is 15.5. The van der Waals surface area contributed by atoms with Gasteiger partial charge in [-0.2, -0.15) is 0 Å². The van der Waals surface area contributed by atoms with Crippen LogP contribution in [0.25, 0.3) is 16.3 Å². The van der Waals surface area contributed by atoms with E-state index >= 15 is 0 Å². The average molecular weight is 377 g/mol. The molecule has 4 rings (SSSR count). The van der Waals surface area contributed by atoms with Gasteiger partial charge in [-0.25, -0.2) is 4.98 Å². The maximum atomic E-state index is 12.6. The first kappa shape index (κ1) is 17.4. The van der Waals surface area contributed by atoms with Gasteiger partial charge in [0, 0.05) is 13.1 Å². The molecule has 0 saturated heterocycles. The van der Waals surface area contributed by atoms with Gasteiger partial charge >= 0.3 is 0 Å². The summed E-state index contributed by atoms with van der Waals surface area (Å²) in [5, 5.41) is 3.82. The zero-order valence-corrected chi connectivity index (χ0v) is 15.7. The van der Waals surface area contributed by atoms with E-state index in [0.717, 1.165) is 26.4 Å². The number of nitrogens with zero attached hydrogens (tertiary/aromatic N) is 2. The Morgan fingerprint density at radius 1 is 1.15 bits per heavy atom. The van der Waals surface area contributed by atoms with Crippen molar-refractivity contribution in [3.8, 4) is 0 Å². The summed E-state index contributed by atoms with van der Waals surface area (Å²) in [7, 11) is 0. The Morgan fingerprint density at radius 2 is 1.93 bits per heavy atom. The molecule has 2 amide bonds. The van der Waals surface area contributed by atoms with Gasteiger partial charge in [0.1, 0.15) is 5.01 Å². The zero-order valence-electron chi connectivity index (χ0n) is 14.9. The fraction of sp³-hybridized carbons (Fsp3) is 0.190. The number of benzene rings is 2. The predicted molar refractivity (Wildman–Crippen MR) is 107 cm³/mol. The molecule has 2 heterocycles. The Bertz CT molecular complexity index is 1010. The highest BCUT2D eigenvalue weighted by Crippen LogP contribution is 2.32. The molecule has 3 aromatic rings. The molecule has 1 aliphatic rings. The molecule has 0 spiro atoms. The number of para-hydroxylation sites is 1. The molecule has 0 unspecified atom stereocenters. The standard InChI is InChI=1S/C21H19N3O2S/c1-14(25)24-11-10-15-6-2-3-7-16(15)18(24)12-20(26)22-13-21-23-17-8-4-5-9-19(17)27-21/h2-11,18H,12-13H2,1H3,(H,22,26)/t18-/m1/s1. The molecule has 6 heteroatoms. The number of hydrogen-bond donors (Lipinski definition) is 1. The molecule has 0 radical (unpaired) electrons. The third kappa shape index (κ3) is 3.61. The smallest absolute Gasteiger partial charge is 0.223 e. The predicted octanol–water partition coefficient (Wildman–Crippen LogP) is 3.88. The van der Waals surface area contributed by atoms with E-state index < -0.39 is 0 Å². The third-order valence-electron chi connectivity index (χ3n) is 4.62. The number of nitrogens with one attached hydrogen (secondary N) is 1. The van der Waals surface area contributed by atoms with Crippen LogP contribution < -0.4 is 5.32 Å². The lowest BCUT2D eigenvalue weighted by Gasteiger charge is -2.32. The van der Waals surface area contributed by atoms with Crippen LogP contribution in [-0.2, 0) is 16.1 Å². The van der Waals surface area contributed by atoms with Crippen LogP contribution in [-0.4, -0.2) is 21.7 Å². The lowest BCUT2D eigenvalue weighted by Crippen LogP contribution is -2.35. The van der Waals surface area contributed by atoms with Crippen LogP contribution in [0.3, 0.4) is 0 Å². The fourth-order valence-corrected chi connectivity index (χ4v) is 4.24. The van der Waals surface area contributed by atoms with Gasteiger partial charge in [0.05, 0.1) is 29.2 Å². The van der Waals surface area contributed by atoms with E-state index in [2.05, 4.69) is 10.3 Å². The van der Waals surface area contributed by atoms with Crippen LogP contribution in [0.2, 0.25) is 0 Å². The number of aromatic nitrogens is 1. The largest absolute Gasteiger partial charge is 0.350 e. The lowest BCUT2D eigenvalue weighted by atomic mass is 9.93. The Labute approximate surface area is 161 Å². The normalized spacial score (nSPS) is 15.6. The highest BCUT2D eigenvalue weighted by Gasteiger charge is 2.28. The van der Waals surface area contributed by atoms with Crippen LogP contribution >= 0.6 is 11.3 Å². The first-order chi connectivity index (χ1) is 13.1. The van der Waals surface area contributed by atoms with Crippen molar-refractivity contribution in [2.45, 2.75) is 25.9 Å². The average Bonchev–Trinajstić information content (AvgIpc) is 3.09. The number of hydrogen-bond acceptors (Lipinski definition) is 4. The maximum Gasteiger partial charge on any atom is 0.223 e. The quantitative estimate of drug-likeness (QED) is 0.751. The van der Waals surface area contributed by atoms with Crippen molar-refractivity contribution in [2.75, 3.05) is 0 Å². The van der Waals surface area contributed by atoms with Gasteiger partial charge in [-0.1, -0.05) is 36.4 Å². The molecule has 1 atom stereocenters. The van der Waals surface area contributed by atoms with Crippen LogP contribution in [0.1, 0.15) is 35.5 Å². The van der Waals surface area contributed by atoms with E-state index in [1.165, 1.54) is 6.92 Å². The van der Waals surface area contributed by atoms with E-state index in [0.29, 0.717) is 6.54 Å². The van der Waals surface area contributed by atoms with Crippen molar-refractivity contribution in [3.05, 3.63) is 70.9 Å². The van der Waals surface area contributed by atoms with E-state index in [1.807, 2.05) is 54.6 Å². The number of fused-ring (bicyclic) bond motifs is 2. The molecule has 0 bridgehead atoms. The van der Waals surface area contributed by atoms with Gasteiger partial charge in [-0.05, 0) is 29.3 Å². The highest BCUT2D eigenvalue weighted by molar-refractivity contribution is 7.18. The second-order valence-electron chi connectivity index (χ2n) is 6.44. The van der Waals surface area contributed by atoms with E-state index in [9.17, 15) is 9.59 Å². The number of thiazole rings is 1. The summed E-state index contributed by atoms with van der Waals surface area (Å²) >= 11 is 1.58. The van der Waals surface area contributed by atoms with Crippen molar-refractivity contribution < 1.29 is 9.59 Å². The van der Waals surface area contributed by atoms with Gasteiger partial charge in [0.25, 0.3) is 0 Å². The minimum absolute atomic E-state index is 0.0790. The maximum absolute atomic E-state index is 12.6. The Morgan fingerprint density at radius 3 is 2.74 bits per heavy atom. The molecule has 5 nitrogen and oxygen atoms in total. The Kier molecular flexibility index (Phi) is 4.73. The number of amides is 2. The second-order valence-corrected chi connectivity index (χ2v) is 7.56. The molecule has 1 aromatic heterocycles. The van der Waals surface area contributed by atoms with Crippen molar-refractivity contribution >= 4 is 39.4 Å². The van der Waals surface area contributed by atoms with Crippen LogP contribution in [0, 0.1) is 0 Å². The minimum Gasteiger partial charge on any atom is -0.350 e. The third-order valence-corrected chi connectivity index (χ3v) is 5.66. The SMILES string of the molecule is CC(=O)N1C=Cc2ccccc2[C@H]1CC(=O)NCc1nc2ccccc2s1. The summed E-state index contributed by atoms with van der Waals surface area (Å²) < 4.78 is 1.11. The molecule has 1 N–H and O–H groups in total. The summed E-state index contributed by atoms with van der Waals surface area (Å²) in [6.07, 6.45) is 3.88. The van der Waals surface area contributed by atoms with Gasteiger partial charge in [-0.15, -0.1) is 11.3 Å². The topological polar surface area (TPSA) is 62.3 Å². The minimum atomic E-state index is -0.293. The van der Waals surface area contributed by atoms with Crippen LogP contribution in [0.4, 0.5) is 0 Å². The molecular formula is C21H19N3O2S. The molecule has 1 aliphatic heterocycles. The summed E-state index contributed by atoms with van der Waals surface area (Å²) in [6.45, 7) is 1.91. The van der Waals surface area contributed by atoms with E-state index in [-0.39, 0.29) is 24.3 Å². The summed E-state index contributed by atoms with van der Waals surface area (Å²) in [4.78, 5) is 30.8. The lowest BCUT2D eigenvalue weighted by molar-refractivity contribution is -0.130. The second kappa shape index (κ2) is 7.32. The fourth-order valence-electron chi connectivity index (χ4n) is 3.33. The van der Waals surface area contributed by atoms with E-state index in [1.54, 1.807) is 22.4 Å². The van der Waals surface area contributed by atoms with Crippen molar-refractivity contribution in [1.29, 1.82) is 0 Å².